The molecule has 0 aromatic carbocycles. The largest absolute Gasteiger partial charge is 0.368 e. The molecule has 2 atom stereocenters. The highest BCUT2D eigenvalue weighted by atomic mass is 32.2. The van der Waals surface area contributed by atoms with E-state index in [9.17, 15) is 4.79 Å². The van der Waals surface area contributed by atoms with Crippen molar-refractivity contribution in [3.8, 4) is 0 Å². The Morgan fingerprint density at radius 1 is 1.70 bits per heavy atom. The van der Waals surface area contributed by atoms with E-state index in [1.165, 1.54) is 0 Å². The highest BCUT2D eigenvalue weighted by Crippen LogP contribution is 2.39. The predicted molar refractivity (Wildman–Crippen MR) is 85.0 cm³/mol. The van der Waals surface area contributed by atoms with E-state index in [2.05, 4.69) is 24.1 Å². The molecule has 2 rings (SSSR count). The van der Waals surface area contributed by atoms with Gasteiger partial charge < -0.3 is 11.1 Å². The Balaban J connectivity index is 1.95. The third kappa shape index (κ3) is 3.54. The number of nitrogens with one attached hydrogen (secondary N) is 1. The minimum absolute atomic E-state index is 0.187. The van der Waals surface area contributed by atoms with E-state index in [4.69, 9.17) is 5.73 Å². The second-order valence-electron chi connectivity index (χ2n) is 5.66. The van der Waals surface area contributed by atoms with Crippen LogP contribution in [-0.2, 0) is 4.79 Å². The van der Waals surface area contributed by atoms with Crippen LogP contribution >= 0.6 is 23.1 Å². The summed E-state index contributed by atoms with van der Waals surface area (Å²) in [6, 6.07) is 0.273. The average Bonchev–Trinajstić information content (AvgIpc) is 2.99. The molecule has 0 bridgehead atoms. The van der Waals surface area contributed by atoms with Gasteiger partial charge in [-0.25, -0.2) is 4.98 Å². The van der Waals surface area contributed by atoms with Gasteiger partial charge in [0.15, 0.2) is 0 Å². The molecule has 1 fully saturated rings. The third-order valence-electron chi connectivity index (χ3n) is 3.91. The summed E-state index contributed by atoms with van der Waals surface area (Å²) in [7, 11) is 0. The molecule has 112 valence electrons. The summed E-state index contributed by atoms with van der Waals surface area (Å²) in [6.07, 6.45) is 5.87. The topological polar surface area (TPSA) is 68.0 Å². The third-order valence-corrected chi connectivity index (χ3v) is 5.91. The van der Waals surface area contributed by atoms with Gasteiger partial charge in [-0.05, 0) is 39.0 Å². The van der Waals surface area contributed by atoms with Crippen molar-refractivity contribution in [2.45, 2.75) is 55.5 Å². The fourth-order valence-electron chi connectivity index (χ4n) is 3.14. The maximum atomic E-state index is 12.0. The van der Waals surface area contributed by atoms with Gasteiger partial charge in [-0.15, -0.1) is 11.3 Å². The molecule has 3 N–H and O–H groups in total. The number of hydrogen-bond acceptors (Lipinski definition) is 5. The van der Waals surface area contributed by atoms with Crippen molar-refractivity contribution in [3.05, 3.63) is 11.6 Å². The zero-order chi connectivity index (χ0) is 14.6. The Morgan fingerprint density at radius 2 is 2.50 bits per heavy atom. The van der Waals surface area contributed by atoms with Crippen molar-refractivity contribution in [2.75, 3.05) is 5.75 Å². The van der Waals surface area contributed by atoms with E-state index in [0.717, 1.165) is 35.8 Å². The van der Waals surface area contributed by atoms with Crippen LogP contribution in [0, 0.1) is 5.92 Å². The molecule has 4 nitrogen and oxygen atoms in total. The number of aromatic nitrogens is 1. The monoisotopic (exact) mass is 313 g/mol. The second kappa shape index (κ2) is 6.91. The van der Waals surface area contributed by atoms with Gasteiger partial charge in [-0.1, -0.05) is 18.2 Å². The van der Waals surface area contributed by atoms with Gasteiger partial charge >= 0.3 is 0 Å². The molecule has 0 radical (unpaired) electrons. The van der Waals surface area contributed by atoms with Crippen molar-refractivity contribution in [1.82, 2.24) is 10.3 Å². The molecule has 1 saturated carbocycles. The summed E-state index contributed by atoms with van der Waals surface area (Å²) in [4.78, 5) is 16.3. The summed E-state index contributed by atoms with van der Waals surface area (Å²) in [5.74, 6) is 1.15. The van der Waals surface area contributed by atoms with Crippen LogP contribution in [-0.4, -0.2) is 28.2 Å². The first-order valence-corrected chi connectivity index (χ1v) is 9.01. The van der Waals surface area contributed by atoms with Gasteiger partial charge in [-0.3, -0.25) is 4.79 Å². The predicted octanol–water partition coefficient (Wildman–Crippen LogP) is 2.65. The van der Waals surface area contributed by atoms with Crippen LogP contribution in [0.3, 0.4) is 0 Å². The van der Waals surface area contributed by atoms with E-state index >= 15 is 0 Å². The van der Waals surface area contributed by atoms with Gasteiger partial charge in [0.1, 0.15) is 9.88 Å². The molecule has 20 heavy (non-hydrogen) atoms. The minimum Gasteiger partial charge on any atom is -0.368 e. The molecule has 1 aromatic rings. The first-order chi connectivity index (χ1) is 9.54. The normalized spacial score (nSPS) is 26.2. The van der Waals surface area contributed by atoms with Crippen molar-refractivity contribution >= 4 is 29.0 Å². The van der Waals surface area contributed by atoms with Crippen molar-refractivity contribution in [2.24, 2.45) is 11.7 Å². The summed E-state index contributed by atoms with van der Waals surface area (Å²) in [5, 5.41) is 5.44. The van der Waals surface area contributed by atoms with Crippen LogP contribution in [0.5, 0.6) is 0 Å². The Hall–Kier alpha value is -0.590. The van der Waals surface area contributed by atoms with Crippen molar-refractivity contribution in [3.63, 3.8) is 0 Å². The quantitative estimate of drug-likeness (QED) is 0.759. The Kier molecular flexibility index (Phi) is 5.46. The standard InChI is InChI=1S/C14H23N3OS2/c1-10(2)17-14(12(15)18)6-3-4-11(14)5-8-19-13-16-7-9-20-13/h7,9-11,17H,3-6,8H2,1-2H3,(H2,15,18). The smallest absolute Gasteiger partial charge is 0.238 e. The maximum absolute atomic E-state index is 12.0. The van der Waals surface area contributed by atoms with Crippen LogP contribution in [0.15, 0.2) is 15.9 Å². The summed E-state index contributed by atoms with van der Waals surface area (Å²) in [5.41, 5.74) is 5.22. The van der Waals surface area contributed by atoms with E-state index in [0.29, 0.717) is 5.92 Å². The Labute approximate surface area is 128 Å². The number of carbonyl (C=O) groups excluding carboxylic acids is 1. The lowest BCUT2D eigenvalue weighted by Crippen LogP contribution is -2.60. The highest BCUT2D eigenvalue weighted by Gasteiger charge is 2.47. The maximum Gasteiger partial charge on any atom is 0.238 e. The first-order valence-electron chi connectivity index (χ1n) is 7.14. The Bertz CT molecular complexity index is 436. The highest BCUT2D eigenvalue weighted by molar-refractivity contribution is 8.00. The van der Waals surface area contributed by atoms with Gasteiger partial charge in [0.05, 0.1) is 0 Å². The zero-order valence-electron chi connectivity index (χ0n) is 12.1. The van der Waals surface area contributed by atoms with Crippen LogP contribution in [0.1, 0.15) is 39.5 Å². The summed E-state index contributed by atoms with van der Waals surface area (Å²) < 4.78 is 1.10. The molecule has 0 saturated heterocycles. The first kappa shape index (κ1) is 15.8. The molecule has 1 aromatic heterocycles. The van der Waals surface area contributed by atoms with E-state index in [1.807, 2.05) is 11.6 Å². The molecule has 2 unspecified atom stereocenters. The van der Waals surface area contributed by atoms with Gasteiger partial charge in [0, 0.05) is 23.4 Å². The van der Waals surface area contributed by atoms with Crippen LogP contribution in [0.4, 0.5) is 0 Å². The lowest BCUT2D eigenvalue weighted by Gasteiger charge is -2.35. The number of rotatable bonds is 7. The summed E-state index contributed by atoms with van der Waals surface area (Å²) >= 11 is 3.44. The van der Waals surface area contributed by atoms with Crippen LogP contribution in [0.2, 0.25) is 0 Å². The molecule has 0 spiro atoms. The number of primary amides is 1. The SMILES string of the molecule is CC(C)NC1(C(N)=O)CCCC1CCSc1nccs1. The number of thioether (sulfide) groups is 1. The zero-order valence-corrected chi connectivity index (χ0v) is 13.7. The fraction of sp³-hybridized carbons (Fsp3) is 0.714. The number of amides is 1. The number of thiazole rings is 1. The van der Waals surface area contributed by atoms with Crippen LogP contribution in [0.25, 0.3) is 0 Å². The van der Waals surface area contributed by atoms with Crippen molar-refractivity contribution in [1.29, 1.82) is 0 Å². The van der Waals surface area contributed by atoms with Gasteiger partial charge in [0.2, 0.25) is 5.91 Å². The lowest BCUT2D eigenvalue weighted by molar-refractivity contribution is -0.126. The Morgan fingerprint density at radius 3 is 3.10 bits per heavy atom. The van der Waals surface area contributed by atoms with E-state index < -0.39 is 5.54 Å². The van der Waals surface area contributed by atoms with Gasteiger partial charge in [-0.2, -0.15) is 0 Å². The lowest BCUT2D eigenvalue weighted by atomic mass is 9.83. The summed E-state index contributed by atoms with van der Waals surface area (Å²) in [6.45, 7) is 4.15. The van der Waals surface area contributed by atoms with Gasteiger partial charge in [0.25, 0.3) is 0 Å². The average molecular weight is 313 g/mol. The molecular weight excluding hydrogens is 290 g/mol. The molecular formula is C14H23N3OS2. The molecule has 1 heterocycles. The second-order valence-corrected chi connectivity index (χ2v) is 7.90. The van der Waals surface area contributed by atoms with Crippen molar-refractivity contribution < 1.29 is 4.79 Å². The number of nitrogens with two attached hydrogens (primary N) is 1. The molecule has 1 aliphatic rings. The molecule has 1 amide bonds. The molecule has 1 aliphatic carbocycles. The number of hydrogen-bond donors (Lipinski definition) is 2. The minimum atomic E-state index is -0.502. The number of carbonyl (C=O) groups is 1. The van der Waals surface area contributed by atoms with E-state index in [1.54, 1.807) is 23.1 Å². The van der Waals surface area contributed by atoms with Crippen LogP contribution < -0.4 is 11.1 Å². The molecule has 0 aliphatic heterocycles. The molecule has 6 heteroatoms. The van der Waals surface area contributed by atoms with E-state index in [-0.39, 0.29) is 11.9 Å². The number of nitrogens with zero attached hydrogens (tertiary/aromatic N) is 1. The fourth-order valence-corrected chi connectivity index (χ4v) is 4.90.